The van der Waals surface area contributed by atoms with Crippen LogP contribution < -0.4 is 10.6 Å². The van der Waals surface area contributed by atoms with Gasteiger partial charge in [-0.25, -0.2) is 0 Å². The van der Waals surface area contributed by atoms with Crippen LogP contribution in [0.5, 0.6) is 0 Å². The van der Waals surface area contributed by atoms with E-state index in [0.29, 0.717) is 12.1 Å². The first-order chi connectivity index (χ1) is 10.7. The predicted molar refractivity (Wildman–Crippen MR) is 89.9 cm³/mol. The second-order valence-electron chi connectivity index (χ2n) is 6.39. The van der Waals surface area contributed by atoms with Crippen LogP contribution in [0.4, 0.5) is 0 Å². The first-order valence-corrected chi connectivity index (χ1v) is 7.96. The largest absolute Gasteiger partial charge is 0.348 e. The van der Waals surface area contributed by atoms with E-state index in [1.54, 1.807) is 0 Å². The Balaban J connectivity index is 1.57. The minimum absolute atomic E-state index is 0.0326. The standard InChI is InChI=1S/C19H20N2O/c1-2-12-3-4-13-5-6-14(10-15(13)9-12)19(22)21-18-11-16-7-8-17(18)20-16/h2-6,9-10,16-18,20H,1,7-8,11H2,(H,21,22)/t16-,17+,18-/m1/s1. The van der Waals surface area contributed by atoms with Gasteiger partial charge in [0, 0.05) is 23.7 Å². The van der Waals surface area contributed by atoms with Gasteiger partial charge in [-0.1, -0.05) is 30.9 Å². The molecule has 0 saturated carbocycles. The fourth-order valence-corrected chi connectivity index (χ4v) is 3.77. The van der Waals surface area contributed by atoms with Crippen molar-refractivity contribution in [2.75, 3.05) is 0 Å². The summed E-state index contributed by atoms with van der Waals surface area (Å²) in [4.78, 5) is 12.5. The van der Waals surface area contributed by atoms with Crippen molar-refractivity contribution in [3.05, 3.63) is 54.1 Å². The van der Waals surface area contributed by atoms with Crippen molar-refractivity contribution in [1.29, 1.82) is 0 Å². The van der Waals surface area contributed by atoms with Crippen LogP contribution in [0.15, 0.2) is 43.0 Å². The average Bonchev–Trinajstić information content (AvgIpc) is 3.16. The van der Waals surface area contributed by atoms with Crippen molar-refractivity contribution in [2.45, 2.75) is 37.4 Å². The van der Waals surface area contributed by atoms with Gasteiger partial charge in [-0.15, -0.1) is 0 Å². The van der Waals surface area contributed by atoms with Crippen molar-refractivity contribution in [2.24, 2.45) is 0 Å². The molecule has 1 amide bonds. The molecule has 2 heterocycles. The molecule has 3 atom stereocenters. The lowest BCUT2D eigenvalue weighted by Gasteiger charge is -2.21. The zero-order valence-electron chi connectivity index (χ0n) is 12.5. The molecule has 2 fully saturated rings. The lowest BCUT2D eigenvalue weighted by molar-refractivity contribution is 0.0931. The van der Waals surface area contributed by atoms with E-state index in [1.807, 2.05) is 30.3 Å². The molecule has 112 valence electrons. The minimum Gasteiger partial charge on any atom is -0.348 e. The van der Waals surface area contributed by atoms with E-state index in [1.165, 1.54) is 12.8 Å². The van der Waals surface area contributed by atoms with Crippen LogP contribution in [0.3, 0.4) is 0 Å². The molecule has 0 aliphatic carbocycles. The normalized spacial score (nSPS) is 26.3. The van der Waals surface area contributed by atoms with Crippen molar-refractivity contribution >= 4 is 22.8 Å². The summed E-state index contributed by atoms with van der Waals surface area (Å²) in [5.74, 6) is 0.0326. The van der Waals surface area contributed by atoms with Gasteiger partial charge in [0.05, 0.1) is 0 Å². The Hall–Kier alpha value is -2.13. The third-order valence-corrected chi connectivity index (χ3v) is 4.98. The highest BCUT2D eigenvalue weighted by atomic mass is 16.1. The van der Waals surface area contributed by atoms with Gasteiger partial charge >= 0.3 is 0 Å². The topological polar surface area (TPSA) is 41.1 Å². The Kier molecular flexibility index (Phi) is 3.23. The summed E-state index contributed by atoms with van der Waals surface area (Å²) in [6.45, 7) is 3.80. The molecule has 0 spiro atoms. The number of hydrogen-bond donors (Lipinski definition) is 2. The summed E-state index contributed by atoms with van der Waals surface area (Å²) in [6, 6.07) is 13.4. The van der Waals surface area contributed by atoms with E-state index in [4.69, 9.17) is 0 Å². The summed E-state index contributed by atoms with van der Waals surface area (Å²) >= 11 is 0. The molecule has 3 nitrogen and oxygen atoms in total. The van der Waals surface area contributed by atoms with Crippen molar-refractivity contribution in [3.8, 4) is 0 Å². The summed E-state index contributed by atoms with van der Waals surface area (Å²) in [7, 11) is 0. The van der Waals surface area contributed by atoms with Crippen molar-refractivity contribution < 1.29 is 4.79 Å². The Labute approximate surface area is 130 Å². The summed E-state index contributed by atoms with van der Waals surface area (Å²) in [5, 5.41) is 8.97. The Morgan fingerprint density at radius 1 is 1.18 bits per heavy atom. The van der Waals surface area contributed by atoms with Crippen molar-refractivity contribution in [3.63, 3.8) is 0 Å². The molecule has 2 bridgehead atoms. The summed E-state index contributed by atoms with van der Waals surface area (Å²) in [5.41, 5.74) is 1.80. The quantitative estimate of drug-likeness (QED) is 0.912. The van der Waals surface area contributed by atoms with Crippen LogP contribution in [0.2, 0.25) is 0 Å². The lowest BCUT2D eigenvalue weighted by atomic mass is 9.95. The number of benzene rings is 2. The summed E-state index contributed by atoms with van der Waals surface area (Å²) in [6.07, 6.45) is 5.31. The molecule has 2 saturated heterocycles. The van der Waals surface area contributed by atoms with E-state index >= 15 is 0 Å². The van der Waals surface area contributed by atoms with E-state index in [2.05, 4.69) is 29.3 Å². The van der Waals surface area contributed by atoms with Crippen LogP contribution in [0, 0.1) is 0 Å². The molecule has 2 N–H and O–H groups in total. The lowest BCUT2D eigenvalue weighted by Crippen LogP contribution is -2.42. The van der Waals surface area contributed by atoms with Gasteiger partial charge in [-0.3, -0.25) is 4.79 Å². The number of nitrogens with one attached hydrogen (secondary N) is 2. The molecule has 2 aliphatic heterocycles. The highest BCUT2D eigenvalue weighted by Crippen LogP contribution is 2.28. The molecule has 4 rings (SSSR count). The van der Waals surface area contributed by atoms with Gasteiger partial charge in [0.15, 0.2) is 0 Å². The number of hydrogen-bond acceptors (Lipinski definition) is 2. The fraction of sp³-hybridized carbons (Fsp3) is 0.316. The average molecular weight is 292 g/mol. The Bertz CT molecular complexity index is 752. The monoisotopic (exact) mass is 292 g/mol. The zero-order chi connectivity index (χ0) is 15.1. The molecule has 2 aromatic carbocycles. The van der Waals surface area contributed by atoms with E-state index < -0.39 is 0 Å². The number of rotatable bonds is 3. The third-order valence-electron chi connectivity index (χ3n) is 4.98. The maximum Gasteiger partial charge on any atom is 0.251 e. The van der Waals surface area contributed by atoms with Crippen LogP contribution in [-0.4, -0.2) is 24.0 Å². The van der Waals surface area contributed by atoms with Gasteiger partial charge in [-0.2, -0.15) is 0 Å². The van der Waals surface area contributed by atoms with Gasteiger partial charge in [0.25, 0.3) is 5.91 Å². The smallest absolute Gasteiger partial charge is 0.251 e. The number of fused-ring (bicyclic) bond motifs is 3. The van der Waals surface area contributed by atoms with Gasteiger partial charge in [0.1, 0.15) is 0 Å². The van der Waals surface area contributed by atoms with Gasteiger partial charge in [-0.05, 0) is 53.8 Å². The van der Waals surface area contributed by atoms with E-state index in [0.717, 1.165) is 28.3 Å². The van der Waals surface area contributed by atoms with Gasteiger partial charge < -0.3 is 10.6 Å². The fourth-order valence-electron chi connectivity index (χ4n) is 3.77. The SMILES string of the molecule is C=Cc1ccc2ccc(C(=O)N[C@@H]3C[C@H]4CC[C@@H]3N4)cc2c1. The first-order valence-electron chi connectivity index (χ1n) is 7.96. The molecule has 0 aromatic heterocycles. The molecule has 0 unspecified atom stereocenters. The number of carbonyl (C=O) groups is 1. The zero-order valence-corrected chi connectivity index (χ0v) is 12.5. The first kappa shape index (κ1) is 13.5. The van der Waals surface area contributed by atoms with Crippen LogP contribution in [0.1, 0.15) is 35.2 Å². The molecule has 3 heteroatoms. The van der Waals surface area contributed by atoms with Crippen molar-refractivity contribution in [1.82, 2.24) is 10.6 Å². The van der Waals surface area contributed by atoms with E-state index in [9.17, 15) is 4.79 Å². The molecule has 2 aromatic rings. The van der Waals surface area contributed by atoms with Crippen LogP contribution >= 0.6 is 0 Å². The molecular formula is C19H20N2O. The Morgan fingerprint density at radius 3 is 2.77 bits per heavy atom. The molecule has 22 heavy (non-hydrogen) atoms. The van der Waals surface area contributed by atoms with Crippen LogP contribution in [-0.2, 0) is 0 Å². The molecular weight excluding hydrogens is 272 g/mol. The summed E-state index contributed by atoms with van der Waals surface area (Å²) < 4.78 is 0. The van der Waals surface area contributed by atoms with Crippen LogP contribution in [0.25, 0.3) is 16.8 Å². The van der Waals surface area contributed by atoms with Gasteiger partial charge in [0.2, 0.25) is 0 Å². The Morgan fingerprint density at radius 2 is 2.05 bits per heavy atom. The second-order valence-corrected chi connectivity index (χ2v) is 6.39. The highest BCUT2D eigenvalue weighted by molar-refractivity contribution is 5.99. The maximum atomic E-state index is 12.5. The molecule has 0 radical (unpaired) electrons. The highest BCUT2D eigenvalue weighted by Gasteiger charge is 2.39. The minimum atomic E-state index is 0.0326. The predicted octanol–water partition coefficient (Wildman–Crippen LogP) is 3.11. The number of amides is 1. The maximum absolute atomic E-state index is 12.5. The number of carbonyl (C=O) groups excluding carboxylic acids is 1. The van der Waals surface area contributed by atoms with E-state index in [-0.39, 0.29) is 11.9 Å². The second kappa shape index (κ2) is 5.25. The third kappa shape index (κ3) is 2.32. The molecule has 2 aliphatic rings.